The Kier molecular flexibility index (Phi) is 5.56. The zero-order chi connectivity index (χ0) is 20.0. The van der Waals surface area contributed by atoms with Gasteiger partial charge in [0.2, 0.25) is 0 Å². The van der Waals surface area contributed by atoms with Gasteiger partial charge in [0.05, 0.1) is 17.8 Å². The molecule has 0 aromatic carbocycles. The van der Waals surface area contributed by atoms with Crippen molar-refractivity contribution < 1.29 is 24.9 Å². The highest BCUT2D eigenvalue weighted by atomic mass is 16.6. The second-order valence-corrected chi connectivity index (χ2v) is 10.2. The van der Waals surface area contributed by atoms with Crippen LogP contribution in [-0.2, 0) is 4.74 Å². The quantitative estimate of drug-likeness (QED) is 0.598. The molecule has 1 aliphatic heterocycles. The number of carbonyl (C=O) groups is 1. The molecule has 3 aliphatic rings. The zero-order valence-corrected chi connectivity index (χ0v) is 17.3. The van der Waals surface area contributed by atoms with Gasteiger partial charge in [0.1, 0.15) is 5.60 Å². The Morgan fingerprint density at radius 3 is 2.30 bits per heavy atom. The fraction of sp³-hybridized carbons (Fsp3) is 0.952. The van der Waals surface area contributed by atoms with Gasteiger partial charge < -0.3 is 25.0 Å². The highest BCUT2D eigenvalue weighted by Gasteiger charge is 2.67. The third kappa shape index (κ3) is 3.60. The molecule has 2 saturated carbocycles. The number of carbonyl (C=O) groups excluding carboxylic acids is 1. The van der Waals surface area contributed by atoms with Crippen molar-refractivity contribution in [2.24, 2.45) is 17.3 Å². The maximum atomic E-state index is 12.5. The van der Waals surface area contributed by atoms with E-state index in [2.05, 4.69) is 6.92 Å². The van der Waals surface area contributed by atoms with Crippen LogP contribution in [0.3, 0.4) is 0 Å². The van der Waals surface area contributed by atoms with Gasteiger partial charge >= 0.3 is 6.09 Å². The molecular weight excluding hydrogens is 346 g/mol. The van der Waals surface area contributed by atoms with Crippen LogP contribution >= 0.6 is 0 Å². The van der Waals surface area contributed by atoms with Gasteiger partial charge in [0.25, 0.3) is 0 Å². The molecule has 3 fully saturated rings. The van der Waals surface area contributed by atoms with E-state index >= 15 is 0 Å². The number of hydrogen-bond donors (Lipinski definition) is 3. The minimum atomic E-state index is -1.28. The molecule has 6 atom stereocenters. The summed E-state index contributed by atoms with van der Waals surface area (Å²) in [6.07, 6.45) is 2.72. The molecular formula is C21H37NO5. The topological polar surface area (TPSA) is 90.2 Å². The van der Waals surface area contributed by atoms with Crippen LogP contribution in [0.1, 0.15) is 72.6 Å². The highest BCUT2D eigenvalue weighted by molar-refractivity contribution is 5.68. The Morgan fingerprint density at radius 2 is 1.67 bits per heavy atom. The van der Waals surface area contributed by atoms with Gasteiger partial charge in [-0.25, -0.2) is 4.79 Å². The molecule has 1 amide bonds. The molecule has 0 radical (unpaired) electrons. The molecule has 0 aromatic rings. The molecule has 6 heteroatoms. The summed E-state index contributed by atoms with van der Waals surface area (Å²) >= 11 is 0. The summed E-state index contributed by atoms with van der Waals surface area (Å²) < 4.78 is 5.52. The summed E-state index contributed by atoms with van der Waals surface area (Å²) in [7, 11) is 0. The normalized spacial score (nSPS) is 43.1. The van der Waals surface area contributed by atoms with E-state index in [4.69, 9.17) is 4.74 Å². The molecule has 3 N–H and O–H groups in total. The first kappa shape index (κ1) is 20.9. The lowest BCUT2D eigenvalue weighted by Gasteiger charge is -2.53. The van der Waals surface area contributed by atoms with Crippen molar-refractivity contribution in [3.05, 3.63) is 0 Å². The molecule has 1 saturated heterocycles. The van der Waals surface area contributed by atoms with Gasteiger partial charge in [-0.1, -0.05) is 6.92 Å². The molecule has 2 aliphatic carbocycles. The van der Waals surface area contributed by atoms with Crippen LogP contribution in [0.15, 0.2) is 0 Å². The predicted octanol–water partition coefficient (Wildman–Crippen LogP) is 2.69. The van der Waals surface area contributed by atoms with E-state index in [1.165, 1.54) is 0 Å². The van der Waals surface area contributed by atoms with Crippen LogP contribution < -0.4 is 0 Å². The lowest BCUT2D eigenvalue weighted by Crippen LogP contribution is -2.60. The molecule has 3 rings (SSSR count). The average molecular weight is 384 g/mol. The van der Waals surface area contributed by atoms with Crippen LogP contribution in [-0.4, -0.2) is 62.8 Å². The molecule has 6 nitrogen and oxygen atoms in total. The van der Waals surface area contributed by atoms with Gasteiger partial charge in [0.15, 0.2) is 0 Å². The van der Waals surface area contributed by atoms with Gasteiger partial charge in [-0.2, -0.15) is 0 Å². The second kappa shape index (κ2) is 7.20. The summed E-state index contributed by atoms with van der Waals surface area (Å²) in [5.74, 6) is 0.528. The van der Waals surface area contributed by atoms with Crippen molar-refractivity contribution in [3.63, 3.8) is 0 Å². The molecule has 0 aromatic heterocycles. The van der Waals surface area contributed by atoms with Crippen LogP contribution in [0.25, 0.3) is 0 Å². The Balaban J connectivity index is 1.82. The van der Waals surface area contributed by atoms with Crippen molar-refractivity contribution in [2.75, 3.05) is 13.1 Å². The van der Waals surface area contributed by atoms with Crippen molar-refractivity contribution in [1.29, 1.82) is 0 Å². The fourth-order valence-electron chi connectivity index (χ4n) is 6.09. The SMILES string of the molecule is C[C@@H]1C[C@H]2C[C@H](O)[C@@]3(O)CCCN(C(=O)OC(C)(C)C)CCC[C@]23[C@@H](O)C1. The first-order valence-corrected chi connectivity index (χ1v) is 10.6. The van der Waals surface area contributed by atoms with Crippen molar-refractivity contribution in [1.82, 2.24) is 4.90 Å². The summed E-state index contributed by atoms with van der Waals surface area (Å²) in [6, 6.07) is 0. The van der Waals surface area contributed by atoms with Crippen molar-refractivity contribution in [3.8, 4) is 0 Å². The van der Waals surface area contributed by atoms with Crippen molar-refractivity contribution >= 4 is 6.09 Å². The minimum Gasteiger partial charge on any atom is -0.444 e. The number of rotatable bonds is 0. The maximum absolute atomic E-state index is 12.5. The minimum absolute atomic E-state index is 0.129. The van der Waals surface area contributed by atoms with E-state index in [-0.39, 0.29) is 12.0 Å². The number of ether oxygens (including phenoxy) is 1. The van der Waals surface area contributed by atoms with Gasteiger partial charge in [-0.05, 0) is 77.6 Å². The Labute approximate surface area is 162 Å². The monoisotopic (exact) mass is 383 g/mol. The molecule has 27 heavy (non-hydrogen) atoms. The van der Waals surface area contributed by atoms with E-state index in [1.807, 2.05) is 20.8 Å². The van der Waals surface area contributed by atoms with E-state index in [0.717, 1.165) is 6.42 Å². The summed E-state index contributed by atoms with van der Waals surface area (Å²) in [6.45, 7) is 8.75. The molecule has 1 heterocycles. The number of aliphatic hydroxyl groups is 3. The standard InChI is InChI=1S/C21H37NO5/c1-14-11-15-13-17(24)21(26)8-6-10-22(18(25)27-19(2,3)4)9-5-7-20(15,21)16(23)12-14/h14-17,23-24,26H,5-13H2,1-4H3/t14-,15+,16+,17+,20-,21+/m1/s1. The number of aliphatic hydroxyl groups excluding tert-OH is 2. The van der Waals surface area contributed by atoms with Gasteiger partial charge in [-0.3, -0.25) is 0 Å². The van der Waals surface area contributed by atoms with Gasteiger partial charge in [-0.15, -0.1) is 0 Å². The van der Waals surface area contributed by atoms with E-state index in [9.17, 15) is 20.1 Å². The van der Waals surface area contributed by atoms with Crippen LogP contribution in [0, 0.1) is 17.3 Å². The lowest BCUT2D eigenvalue weighted by atomic mass is 9.55. The highest BCUT2D eigenvalue weighted by Crippen LogP contribution is 2.62. The fourth-order valence-corrected chi connectivity index (χ4v) is 6.09. The van der Waals surface area contributed by atoms with E-state index in [1.54, 1.807) is 4.90 Å². The first-order valence-electron chi connectivity index (χ1n) is 10.6. The predicted molar refractivity (Wildman–Crippen MR) is 102 cm³/mol. The Bertz CT molecular complexity index is 561. The second-order valence-electron chi connectivity index (χ2n) is 10.2. The number of nitrogens with zero attached hydrogens (tertiary/aromatic N) is 1. The van der Waals surface area contributed by atoms with E-state index in [0.29, 0.717) is 57.5 Å². The Morgan fingerprint density at radius 1 is 1.04 bits per heavy atom. The summed E-state index contributed by atoms with van der Waals surface area (Å²) in [4.78, 5) is 14.2. The summed E-state index contributed by atoms with van der Waals surface area (Å²) in [5, 5.41) is 33.5. The van der Waals surface area contributed by atoms with Crippen LogP contribution in [0.2, 0.25) is 0 Å². The zero-order valence-electron chi connectivity index (χ0n) is 17.3. The molecule has 0 unspecified atom stereocenters. The maximum Gasteiger partial charge on any atom is 0.410 e. The number of hydrogen-bond acceptors (Lipinski definition) is 5. The van der Waals surface area contributed by atoms with E-state index < -0.39 is 28.8 Å². The van der Waals surface area contributed by atoms with Crippen molar-refractivity contribution in [2.45, 2.75) is 96.1 Å². The largest absolute Gasteiger partial charge is 0.444 e. The average Bonchev–Trinajstić information content (AvgIpc) is 2.77. The third-order valence-electron chi connectivity index (χ3n) is 7.16. The smallest absolute Gasteiger partial charge is 0.410 e. The number of amides is 1. The Hall–Kier alpha value is -0.850. The first-order chi connectivity index (χ1) is 12.5. The third-order valence-corrected chi connectivity index (χ3v) is 7.16. The van der Waals surface area contributed by atoms with Gasteiger partial charge in [0, 0.05) is 18.5 Å². The van der Waals surface area contributed by atoms with Crippen LogP contribution in [0.4, 0.5) is 4.79 Å². The summed E-state index contributed by atoms with van der Waals surface area (Å²) in [5.41, 5.74) is -2.48. The molecule has 1 spiro atoms. The lowest BCUT2D eigenvalue weighted by molar-refractivity contribution is -0.197. The van der Waals surface area contributed by atoms with Crippen LogP contribution in [0.5, 0.6) is 0 Å². The molecule has 0 bridgehead atoms. The molecule has 156 valence electrons.